The maximum Gasteiger partial charge on any atom is 0.319 e. The molecule has 1 fully saturated rings. The van der Waals surface area contributed by atoms with Gasteiger partial charge in [0.05, 0.1) is 0 Å². The van der Waals surface area contributed by atoms with E-state index in [0.29, 0.717) is 25.4 Å². The van der Waals surface area contributed by atoms with Crippen molar-refractivity contribution < 1.29 is 13.9 Å². The van der Waals surface area contributed by atoms with Crippen molar-refractivity contribution in [1.82, 2.24) is 10.6 Å². The van der Waals surface area contributed by atoms with Gasteiger partial charge in [-0.25, -0.2) is 9.18 Å². The number of aryl methyl sites for hydroxylation is 1. The van der Waals surface area contributed by atoms with Crippen molar-refractivity contribution in [3.8, 4) is 0 Å². The van der Waals surface area contributed by atoms with Gasteiger partial charge in [-0.15, -0.1) is 0 Å². The Morgan fingerprint density at radius 2 is 1.89 bits per heavy atom. The molecule has 2 amide bonds. The fraction of sp³-hybridized carbons (Fsp3) is 0.409. The van der Waals surface area contributed by atoms with Crippen LogP contribution < -0.4 is 16.0 Å². The SMILES string of the molecule is Cc1ccc(F)cc1NC(=O)NCC1(NC(C)c2ccccc2)CCOCC1. The molecule has 1 atom stereocenters. The Bertz CT molecular complexity index is 792. The highest BCUT2D eigenvalue weighted by molar-refractivity contribution is 5.90. The molecule has 0 radical (unpaired) electrons. The summed E-state index contributed by atoms with van der Waals surface area (Å²) in [6.45, 7) is 5.73. The highest BCUT2D eigenvalue weighted by Gasteiger charge is 2.34. The van der Waals surface area contributed by atoms with E-state index in [2.05, 4.69) is 35.0 Å². The van der Waals surface area contributed by atoms with E-state index >= 15 is 0 Å². The normalized spacial score (nSPS) is 17.0. The lowest BCUT2D eigenvalue weighted by Gasteiger charge is -2.40. The lowest BCUT2D eigenvalue weighted by Crippen LogP contribution is -2.57. The Kier molecular flexibility index (Phi) is 6.65. The van der Waals surface area contributed by atoms with Crippen LogP contribution in [-0.4, -0.2) is 31.3 Å². The van der Waals surface area contributed by atoms with Gasteiger partial charge >= 0.3 is 6.03 Å². The van der Waals surface area contributed by atoms with Gasteiger partial charge in [-0.1, -0.05) is 36.4 Å². The third kappa shape index (κ3) is 5.30. The molecule has 2 aromatic rings. The van der Waals surface area contributed by atoms with Gasteiger partial charge in [0.1, 0.15) is 5.82 Å². The molecule has 2 aromatic carbocycles. The van der Waals surface area contributed by atoms with Crippen molar-refractivity contribution in [3.63, 3.8) is 0 Å². The Morgan fingerprint density at radius 3 is 2.61 bits per heavy atom. The molecule has 0 saturated carbocycles. The van der Waals surface area contributed by atoms with Crippen LogP contribution in [-0.2, 0) is 4.74 Å². The monoisotopic (exact) mass is 385 g/mol. The predicted molar refractivity (Wildman–Crippen MR) is 109 cm³/mol. The van der Waals surface area contributed by atoms with Gasteiger partial charge in [-0.2, -0.15) is 0 Å². The molecular weight excluding hydrogens is 357 g/mol. The zero-order chi connectivity index (χ0) is 20.0. The van der Waals surface area contributed by atoms with E-state index in [-0.39, 0.29) is 23.4 Å². The fourth-order valence-electron chi connectivity index (χ4n) is 3.56. The third-order valence-corrected chi connectivity index (χ3v) is 5.31. The summed E-state index contributed by atoms with van der Waals surface area (Å²) < 4.78 is 19.0. The van der Waals surface area contributed by atoms with Crippen molar-refractivity contribution in [2.24, 2.45) is 0 Å². The van der Waals surface area contributed by atoms with Gasteiger partial charge in [0.15, 0.2) is 0 Å². The smallest absolute Gasteiger partial charge is 0.319 e. The molecule has 1 heterocycles. The lowest BCUT2D eigenvalue weighted by atomic mass is 9.88. The van der Waals surface area contributed by atoms with Crippen LogP contribution in [0.4, 0.5) is 14.9 Å². The number of anilines is 1. The minimum Gasteiger partial charge on any atom is -0.381 e. The van der Waals surface area contributed by atoms with E-state index in [1.165, 1.54) is 17.7 Å². The van der Waals surface area contributed by atoms with Crippen molar-refractivity contribution in [3.05, 3.63) is 65.5 Å². The first-order chi connectivity index (χ1) is 13.5. The average Bonchev–Trinajstić information content (AvgIpc) is 2.71. The van der Waals surface area contributed by atoms with Crippen molar-refractivity contribution in [2.75, 3.05) is 25.1 Å². The number of hydrogen-bond donors (Lipinski definition) is 3. The largest absolute Gasteiger partial charge is 0.381 e. The highest BCUT2D eigenvalue weighted by atomic mass is 19.1. The Labute approximate surface area is 165 Å². The molecule has 5 nitrogen and oxygen atoms in total. The Morgan fingerprint density at radius 1 is 1.18 bits per heavy atom. The maximum atomic E-state index is 13.4. The van der Waals surface area contributed by atoms with Gasteiger partial charge in [-0.05, 0) is 49.9 Å². The molecule has 1 saturated heterocycles. The van der Waals surface area contributed by atoms with Crippen LogP contribution in [0, 0.1) is 12.7 Å². The second kappa shape index (κ2) is 9.17. The van der Waals surface area contributed by atoms with Gasteiger partial charge in [0.2, 0.25) is 0 Å². The second-order valence-corrected chi connectivity index (χ2v) is 7.44. The first-order valence-corrected chi connectivity index (χ1v) is 9.69. The molecule has 150 valence electrons. The number of urea groups is 1. The quantitative estimate of drug-likeness (QED) is 0.700. The first-order valence-electron chi connectivity index (χ1n) is 9.69. The van der Waals surface area contributed by atoms with Crippen LogP contribution in [0.25, 0.3) is 0 Å². The molecule has 0 spiro atoms. The summed E-state index contributed by atoms with van der Waals surface area (Å²) in [5.74, 6) is -0.375. The van der Waals surface area contributed by atoms with E-state index in [4.69, 9.17) is 4.74 Å². The number of nitrogens with one attached hydrogen (secondary N) is 3. The minimum atomic E-state index is -0.375. The molecular formula is C22H28FN3O2. The number of ether oxygens (including phenoxy) is 1. The zero-order valence-corrected chi connectivity index (χ0v) is 16.4. The minimum absolute atomic E-state index is 0.148. The highest BCUT2D eigenvalue weighted by Crippen LogP contribution is 2.25. The van der Waals surface area contributed by atoms with E-state index in [9.17, 15) is 9.18 Å². The van der Waals surface area contributed by atoms with Gasteiger partial charge in [0, 0.05) is 37.0 Å². The molecule has 0 aromatic heterocycles. The van der Waals surface area contributed by atoms with Crippen LogP contribution in [0.5, 0.6) is 0 Å². The van der Waals surface area contributed by atoms with Gasteiger partial charge in [0.25, 0.3) is 0 Å². The molecule has 1 unspecified atom stereocenters. The topological polar surface area (TPSA) is 62.4 Å². The zero-order valence-electron chi connectivity index (χ0n) is 16.4. The van der Waals surface area contributed by atoms with Crippen LogP contribution in [0.1, 0.15) is 36.9 Å². The first kappa shape index (κ1) is 20.3. The molecule has 1 aliphatic heterocycles. The maximum absolute atomic E-state index is 13.4. The number of carbonyl (C=O) groups excluding carboxylic acids is 1. The summed E-state index contributed by atoms with van der Waals surface area (Å²) in [4.78, 5) is 12.4. The van der Waals surface area contributed by atoms with E-state index in [1.54, 1.807) is 6.07 Å². The molecule has 3 rings (SSSR count). The van der Waals surface area contributed by atoms with Gasteiger partial charge < -0.3 is 20.7 Å². The van der Waals surface area contributed by atoms with Crippen molar-refractivity contribution in [1.29, 1.82) is 0 Å². The fourth-order valence-corrected chi connectivity index (χ4v) is 3.56. The van der Waals surface area contributed by atoms with Crippen molar-refractivity contribution in [2.45, 2.75) is 38.3 Å². The van der Waals surface area contributed by atoms with Gasteiger partial charge in [-0.3, -0.25) is 0 Å². The summed E-state index contributed by atoms with van der Waals surface area (Å²) in [7, 11) is 0. The number of benzene rings is 2. The Balaban J connectivity index is 1.63. The third-order valence-electron chi connectivity index (χ3n) is 5.31. The lowest BCUT2D eigenvalue weighted by molar-refractivity contribution is 0.0349. The van der Waals surface area contributed by atoms with E-state index in [0.717, 1.165) is 18.4 Å². The number of carbonyl (C=O) groups is 1. The molecule has 1 aliphatic rings. The standard InChI is InChI=1S/C22H28FN3O2/c1-16-8-9-19(23)14-20(16)25-21(27)24-15-22(10-12-28-13-11-22)26-17(2)18-6-4-3-5-7-18/h3-9,14,17,26H,10-13,15H2,1-2H3,(H2,24,25,27). The summed E-state index contributed by atoms with van der Waals surface area (Å²) in [5, 5.41) is 9.40. The number of rotatable bonds is 6. The van der Waals surface area contributed by atoms with Crippen molar-refractivity contribution >= 4 is 11.7 Å². The number of amides is 2. The van der Waals surface area contributed by atoms with E-state index in [1.807, 2.05) is 25.1 Å². The average molecular weight is 385 g/mol. The second-order valence-electron chi connectivity index (χ2n) is 7.44. The number of halogens is 1. The molecule has 28 heavy (non-hydrogen) atoms. The summed E-state index contributed by atoms with van der Waals surface area (Å²) in [6.07, 6.45) is 1.62. The molecule has 3 N–H and O–H groups in total. The Hall–Kier alpha value is -2.44. The van der Waals surface area contributed by atoms with E-state index < -0.39 is 0 Å². The summed E-state index contributed by atoms with van der Waals surface area (Å²) in [6, 6.07) is 14.4. The van der Waals surface area contributed by atoms with Crippen LogP contribution in [0.3, 0.4) is 0 Å². The number of hydrogen-bond acceptors (Lipinski definition) is 3. The summed E-state index contributed by atoms with van der Waals surface area (Å²) >= 11 is 0. The predicted octanol–water partition coefficient (Wildman–Crippen LogP) is 4.16. The summed E-state index contributed by atoms with van der Waals surface area (Å²) in [5.41, 5.74) is 2.24. The van der Waals surface area contributed by atoms with Crippen LogP contribution in [0.15, 0.2) is 48.5 Å². The molecule has 0 aliphatic carbocycles. The van der Waals surface area contributed by atoms with Crippen LogP contribution in [0.2, 0.25) is 0 Å². The molecule has 0 bridgehead atoms. The van der Waals surface area contributed by atoms with Crippen LogP contribution >= 0.6 is 0 Å². The molecule has 6 heteroatoms.